The van der Waals surface area contributed by atoms with Gasteiger partial charge in [-0.3, -0.25) is 0 Å². The molecule has 1 aromatic rings. The summed E-state index contributed by atoms with van der Waals surface area (Å²) in [6, 6.07) is 7.20. The molecule has 3 aliphatic heterocycles. The quantitative estimate of drug-likeness (QED) is 0.593. The molecule has 4 nitrogen and oxygen atoms in total. The van der Waals surface area contributed by atoms with Crippen LogP contribution in [0.2, 0.25) is 0 Å². The molecule has 176 valence electrons. The lowest BCUT2D eigenvalue weighted by molar-refractivity contribution is -0.0931. The number of nitrogens with one attached hydrogen (secondary N) is 1. The van der Waals surface area contributed by atoms with Crippen molar-refractivity contribution in [1.29, 1.82) is 0 Å². The first-order valence-corrected chi connectivity index (χ1v) is 10.7. The molecule has 0 aliphatic carbocycles. The maximum absolute atomic E-state index is 11.8. The zero-order valence-electron chi connectivity index (χ0n) is 17.5. The number of hydrogen-bond acceptors (Lipinski definition) is 4. The summed E-state index contributed by atoms with van der Waals surface area (Å²) in [5, 5.41) is 10.8. The van der Waals surface area contributed by atoms with E-state index in [0.29, 0.717) is 5.92 Å². The number of halogens is 3. The minimum absolute atomic E-state index is 0. The van der Waals surface area contributed by atoms with Crippen molar-refractivity contribution in [2.24, 2.45) is 0 Å². The van der Waals surface area contributed by atoms with Crippen molar-refractivity contribution in [2.45, 2.75) is 58.5 Å². The van der Waals surface area contributed by atoms with Gasteiger partial charge in [-0.15, -0.1) is 0 Å². The van der Waals surface area contributed by atoms with Gasteiger partial charge in [0, 0.05) is 40.0 Å². The van der Waals surface area contributed by atoms with Crippen molar-refractivity contribution in [2.75, 3.05) is 37.7 Å². The standard InChI is InChI=1S/C17H25NO.C6H6F3NO.CH4.H2/c1-2-14-13-16(15-7-11-19-12-8-15)5-6-17(14)18-9-3-4-10-18;7-6(8,9)4-1-2-5(11)10-3-4;;/h5-6,13,15H,2-4,7-12H2,1H3;1-2,10-11H,3H2;1H4;1H. The third-order valence-electron chi connectivity index (χ3n) is 5.89. The van der Waals surface area contributed by atoms with Crippen LogP contribution in [0.1, 0.15) is 58.5 Å². The SMILES string of the molecule is C.CCc1cc(C2CCOCC2)ccc1N1CCCC1.OC1=CC=C(C(F)(F)F)CN1.[HH]. The van der Waals surface area contributed by atoms with Crippen LogP contribution < -0.4 is 10.2 Å². The molecule has 0 spiro atoms. The molecule has 31 heavy (non-hydrogen) atoms. The molecule has 7 heteroatoms. The number of ether oxygens (including phenoxy) is 1. The summed E-state index contributed by atoms with van der Waals surface area (Å²) in [6.45, 7) is 6.25. The van der Waals surface area contributed by atoms with Crippen LogP contribution in [0.4, 0.5) is 18.9 Å². The van der Waals surface area contributed by atoms with Gasteiger partial charge >= 0.3 is 6.18 Å². The fraction of sp³-hybridized carbons (Fsp3) is 0.583. The van der Waals surface area contributed by atoms with Gasteiger partial charge in [0.2, 0.25) is 0 Å². The first-order valence-electron chi connectivity index (χ1n) is 10.7. The van der Waals surface area contributed by atoms with E-state index in [1.54, 1.807) is 0 Å². The average Bonchev–Trinajstić information content (AvgIpc) is 3.29. The maximum Gasteiger partial charge on any atom is 0.414 e. The molecule has 2 fully saturated rings. The van der Waals surface area contributed by atoms with Gasteiger partial charge in [-0.1, -0.05) is 26.5 Å². The number of rotatable bonds is 3. The number of alkyl halides is 3. The topological polar surface area (TPSA) is 44.7 Å². The monoisotopic (exact) mass is 442 g/mol. The van der Waals surface area contributed by atoms with Gasteiger partial charge in [-0.25, -0.2) is 0 Å². The molecule has 3 aliphatic rings. The molecule has 3 heterocycles. The Kier molecular flexibility index (Phi) is 9.29. The van der Waals surface area contributed by atoms with Crippen LogP contribution >= 0.6 is 0 Å². The molecule has 0 atom stereocenters. The van der Waals surface area contributed by atoms with E-state index in [4.69, 9.17) is 9.84 Å². The number of benzene rings is 1. The van der Waals surface area contributed by atoms with Gasteiger partial charge < -0.3 is 20.1 Å². The lowest BCUT2D eigenvalue weighted by Crippen LogP contribution is -2.27. The largest absolute Gasteiger partial charge is 0.495 e. The number of nitrogens with zero attached hydrogens (tertiary/aromatic N) is 1. The van der Waals surface area contributed by atoms with Crippen molar-refractivity contribution in [1.82, 2.24) is 5.32 Å². The highest BCUT2D eigenvalue weighted by molar-refractivity contribution is 5.56. The minimum Gasteiger partial charge on any atom is -0.495 e. The van der Waals surface area contributed by atoms with Gasteiger partial charge in [0.25, 0.3) is 0 Å². The Morgan fingerprint density at radius 1 is 1.16 bits per heavy atom. The second-order valence-corrected chi connectivity index (χ2v) is 7.92. The van der Waals surface area contributed by atoms with Crippen molar-refractivity contribution in [3.8, 4) is 0 Å². The fourth-order valence-electron chi connectivity index (χ4n) is 4.12. The molecule has 1 aromatic carbocycles. The summed E-state index contributed by atoms with van der Waals surface area (Å²) in [4.78, 5) is 2.56. The van der Waals surface area contributed by atoms with E-state index in [9.17, 15) is 13.2 Å². The first-order chi connectivity index (χ1) is 14.4. The smallest absolute Gasteiger partial charge is 0.414 e. The van der Waals surface area contributed by atoms with E-state index in [-0.39, 0.29) is 21.3 Å². The lowest BCUT2D eigenvalue weighted by Gasteiger charge is -2.26. The molecular weight excluding hydrogens is 405 g/mol. The zero-order valence-corrected chi connectivity index (χ0v) is 17.5. The van der Waals surface area contributed by atoms with Crippen molar-refractivity contribution < 1.29 is 24.4 Å². The second-order valence-electron chi connectivity index (χ2n) is 7.92. The van der Waals surface area contributed by atoms with Gasteiger partial charge in [-0.2, -0.15) is 13.2 Å². The Morgan fingerprint density at radius 2 is 1.84 bits per heavy atom. The van der Waals surface area contributed by atoms with E-state index in [2.05, 4.69) is 35.3 Å². The Labute approximate surface area is 185 Å². The first kappa shape index (κ1) is 25.1. The Bertz CT molecular complexity index is 769. The van der Waals surface area contributed by atoms with E-state index in [0.717, 1.165) is 31.8 Å². The molecule has 0 aromatic heterocycles. The lowest BCUT2D eigenvalue weighted by atomic mass is 9.90. The van der Waals surface area contributed by atoms with Crippen LogP contribution in [0.5, 0.6) is 0 Å². The molecule has 0 bridgehead atoms. The van der Waals surface area contributed by atoms with Crippen LogP contribution in [0.25, 0.3) is 0 Å². The number of allylic oxidation sites excluding steroid dienone is 2. The third-order valence-corrected chi connectivity index (χ3v) is 5.89. The minimum atomic E-state index is -4.30. The van der Waals surface area contributed by atoms with Crippen LogP contribution in [-0.2, 0) is 11.2 Å². The van der Waals surface area contributed by atoms with Crippen LogP contribution in [-0.4, -0.2) is 44.1 Å². The highest BCUT2D eigenvalue weighted by Gasteiger charge is 2.33. The predicted octanol–water partition coefficient (Wildman–Crippen LogP) is 6.10. The summed E-state index contributed by atoms with van der Waals surface area (Å²) in [7, 11) is 0. The van der Waals surface area contributed by atoms with E-state index in [1.807, 2.05) is 0 Å². The predicted molar refractivity (Wildman–Crippen MR) is 122 cm³/mol. The molecule has 2 saturated heterocycles. The molecular formula is C24H37F3N2O2. The Balaban J connectivity index is 0.000000342. The number of aryl methyl sites for hydroxylation is 1. The van der Waals surface area contributed by atoms with Gasteiger partial charge in [-0.05, 0) is 67.4 Å². The summed E-state index contributed by atoms with van der Waals surface area (Å²) < 4.78 is 41.0. The number of aliphatic hydroxyl groups excluding tert-OH is 1. The van der Waals surface area contributed by atoms with Gasteiger partial charge in [0.05, 0.1) is 5.57 Å². The number of aliphatic hydroxyl groups is 1. The molecule has 0 amide bonds. The average molecular weight is 443 g/mol. The van der Waals surface area contributed by atoms with E-state index < -0.39 is 11.7 Å². The van der Waals surface area contributed by atoms with E-state index >= 15 is 0 Å². The molecule has 4 rings (SSSR count). The number of anilines is 1. The van der Waals surface area contributed by atoms with Crippen molar-refractivity contribution in [3.05, 3.63) is 52.9 Å². The molecule has 2 N–H and O–H groups in total. The van der Waals surface area contributed by atoms with Gasteiger partial charge in [0.1, 0.15) is 0 Å². The maximum atomic E-state index is 11.8. The molecule has 0 unspecified atom stereocenters. The third kappa shape index (κ3) is 6.92. The summed E-state index contributed by atoms with van der Waals surface area (Å²) in [5.41, 5.74) is 3.86. The number of hydrogen-bond donors (Lipinski definition) is 2. The second kappa shape index (κ2) is 11.5. The summed E-state index contributed by atoms with van der Waals surface area (Å²) in [5.74, 6) is 0.477. The Morgan fingerprint density at radius 3 is 2.39 bits per heavy atom. The number of dihydropyridines is 1. The zero-order chi connectivity index (χ0) is 21.6. The highest BCUT2D eigenvalue weighted by Crippen LogP contribution is 2.32. The summed E-state index contributed by atoms with van der Waals surface area (Å²) >= 11 is 0. The molecule has 0 saturated carbocycles. The van der Waals surface area contributed by atoms with Crippen LogP contribution in [0.3, 0.4) is 0 Å². The normalized spacial score (nSPS) is 19.4. The van der Waals surface area contributed by atoms with Crippen molar-refractivity contribution in [3.63, 3.8) is 0 Å². The summed E-state index contributed by atoms with van der Waals surface area (Å²) in [6.07, 6.45) is 3.75. The van der Waals surface area contributed by atoms with Gasteiger partial charge in [0.15, 0.2) is 5.88 Å². The van der Waals surface area contributed by atoms with Crippen LogP contribution in [0, 0.1) is 0 Å². The Hall–Kier alpha value is -2.15. The highest BCUT2D eigenvalue weighted by atomic mass is 19.4. The fourth-order valence-corrected chi connectivity index (χ4v) is 4.12. The van der Waals surface area contributed by atoms with E-state index in [1.165, 1.54) is 55.6 Å². The van der Waals surface area contributed by atoms with Crippen LogP contribution in [0.15, 0.2) is 41.8 Å². The molecule has 0 radical (unpaired) electrons. The van der Waals surface area contributed by atoms with Crippen molar-refractivity contribution >= 4 is 5.69 Å².